The van der Waals surface area contributed by atoms with E-state index in [1.54, 1.807) is 36.4 Å². The predicted molar refractivity (Wildman–Crippen MR) is 130 cm³/mol. The topological polar surface area (TPSA) is 120 Å². The molecule has 0 unspecified atom stereocenters. The summed E-state index contributed by atoms with van der Waals surface area (Å²) in [4.78, 5) is 21.1. The Balaban J connectivity index is 1.42. The van der Waals surface area contributed by atoms with E-state index in [9.17, 15) is 4.79 Å². The molecule has 0 spiro atoms. The van der Waals surface area contributed by atoms with Gasteiger partial charge in [-0.3, -0.25) is 4.79 Å². The molecule has 10 heteroatoms. The first-order chi connectivity index (χ1) is 17.1. The molecule has 1 amide bonds. The van der Waals surface area contributed by atoms with Crippen molar-refractivity contribution in [2.75, 3.05) is 25.9 Å². The van der Waals surface area contributed by atoms with E-state index < -0.39 is 5.82 Å². The zero-order valence-corrected chi connectivity index (χ0v) is 19.3. The fraction of sp³-hybridized carbons (Fsp3) is 0.280. The van der Waals surface area contributed by atoms with Crippen LogP contribution in [0, 0.1) is 5.82 Å². The third kappa shape index (κ3) is 4.40. The second kappa shape index (κ2) is 9.67. The summed E-state index contributed by atoms with van der Waals surface area (Å²) in [5.41, 5.74) is 8.66. The minimum Gasteiger partial charge on any atom is -0.496 e. The van der Waals surface area contributed by atoms with Crippen LogP contribution in [0.5, 0.6) is 5.75 Å². The van der Waals surface area contributed by atoms with Crippen molar-refractivity contribution in [3.8, 4) is 17.0 Å². The highest BCUT2D eigenvalue weighted by Crippen LogP contribution is 2.33. The first-order valence-corrected chi connectivity index (χ1v) is 11.5. The molecule has 0 radical (unpaired) electrons. The molecule has 3 heterocycles. The maximum absolute atomic E-state index is 15.1. The van der Waals surface area contributed by atoms with Crippen LogP contribution in [0.4, 0.5) is 10.2 Å². The number of fused-ring (bicyclic) bond motifs is 1. The molecule has 2 aromatic heterocycles. The third-order valence-electron chi connectivity index (χ3n) is 6.25. The number of aromatic nitrogens is 4. The van der Waals surface area contributed by atoms with Crippen LogP contribution in [-0.2, 0) is 6.54 Å². The number of nitrogens with zero attached hydrogens (tertiary/aromatic N) is 4. The van der Waals surface area contributed by atoms with Crippen LogP contribution in [0.1, 0.15) is 34.8 Å². The van der Waals surface area contributed by atoms with Crippen LogP contribution in [-0.4, -0.2) is 45.9 Å². The molecule has 1 aliphatic rings. The van der Waals surface area contributed by atoms with E-state index >= 15 is 4.39 Å². The van der Waals surface area contributed by atoms with E-state index in [2.05, 4.69) is 20.6 Å². The van der Waals surface area contributed by atoms with E-state index in [-0.39, 0.29) is 18.5 Å². The highest BCUT2D eigenvalue weighted by molar-refractivity contribution is 5.98. The van der Waals surface area contributed by atoms with Gasteiger partial charge in [0, 0.05) is 24.2 Å². The van der Waals surface area contributed by atoms with Crippen molar-refractivity contribution >= 4 is 22.8 Å². The zero-order chi connectivity index (χ0) is 24.4. The Labute approximate surface area is 201 Å². The summed E-state index contributed by atoms with van der Waals surface area (Å²) in [7, 11) is 1.50. The lowest BCUT2D eigenvalue weighted by atomic mass is 10.1. The molecular formula is C25H26FN7O2. The first kappa shape index (κ1) is 22.7. The Bertz CT molecular complexity index is 1380. The number of nitrogens with one attached hydrogen (secondary N) is 2. The molecule has 1 aliphatic heterocycles. The van der Waals surface area contributed by atoms with Crippen LogP contribution < -0.4 is 21.1 Å². The van der Waals surface area contributed by atoms with Gasteiger partial charge in [-0.2, -0.15) is 5.10 Å². The van der Waals surface area contributed by atoms with Gasteiger partial charge in [0.05, 0.1) is 24.1 Å². The van der Waals surface area contributed by atoms with Gasteiger partial charge in [-0.25, -0.2) is 19.0 Å². The van der Waals surface area contributed by atoms with Crippen LogP contribution in [0.2, 0.25) is 0 Å². The Hall–Kier alpha value is -4.05. The van der Waals surface area contributed by atoms with Gasteiger partial charge in [0.15, 0.2) is 5.65 Å². The number of halogens is 1. The van der Waals surface area contributed by atoms with Gasteiger partial charge in [-0.05, 0) is 37.6 Å². The number of nitrogen functional groups attached to an aromatic ring is 1. The largest absolute Gasteiger partial charge is 0.496 e. The van der Waals surface area contributed by atoms with Gasteiger partial charge < -0.3 is 21.1 Å². The van der Waals surface area contributed by atoms with E-state index in [1.165, 1.54) is 19.5 Å². The minimum atomic E-state index is -0.458. The zero-order valence-electron chi connectivity index (χ0n) is 19.3. The monoisotopic (exact) mass is 475 g/mol. The second-order valence-corrected chi connectivity index (χ2v) is 8.44. The smallest absolute Gasteiger partial charge is 0.255 e. The van der Waals surface area contributed by atoms with Crippen LogP contribution in [0.25, 0.3) is 22.3 Å². The van der Waals surface area contributed by atoms with Gasteiger partial charge in [0.25, 0.3) is 5.91 Å². The summed E-state index contributed by atoms with van der Waals surface area (Å²) >= 11 is 0. The molecule has 0 bridgehead atoms. The summed E-state index contributed by atoms with van der Waals surface area (Å²) in [5.74, 6) is -0.0493. The van der Waals surface area contributed by atoms with Gasteiger partial charge in [-0.1, -0.05) is 24.3 Å². The van der Waals surface area contributed by atoms with Gasteiger partial charge in [-0.15, -0.1) is 0 Å². The quantitative estimate of drug-likeness (QED) is 0.392. The minimum absolute atomic E-state index is 0.0250. The van der Waals surface area contributed by atoms with Crippen molar-refractivity contribution in [2.24, 2.45) is 0 Å². The van der Waals surface area contributed by atoms with Crippen molar-refractivity contribution in [2.45, 2.75) is 25.4 Å². The number of anilines is 1. The third-order valence-corrected chi connectivity index (χ3v) is 6.25. The van der Waals surface area contributed by atoms with Crippen LogP contribution in [0.15, 0.2) is 48.8 Å². The van der Waals surface area contributed by atoms with E-state index in [1.807, 2.05) is 4.68 Å². The molecule has 5 rings (SSSR count). The van der Waals surface area contributed by atoms with Gasteiger partial charge >= 0.3 is 0 Å². The SMILES string of the molecule is COc1ccccc1C(=O)NCc1ccc(-c2nn([C@@H]3CCCNC3)c3ncnc(N)c23)cc1F. The normalized spacial score (nSPS) is 15.8. The Morgan fingerprint density at radius 1 is 1.29 bits per heavy atom. The van der Waals surface area contributed by atoms with Crippen LogP contribution >= 0.6 is 0 Å². The second-order valence-electron chi connectivity index (χ2n) is 8.44. The first-order valence-electron chi connectivity index (χ1n) is 11.5. The number of ether oxygens (including phenoxy) is 1. The summed E-state index contributed by atoms with van der Waals surface area (Å²) in [6.07, 6.45) is 3.42. The summed E-state index contributed by atoms with van der Waals surface area (Å²) in [6.45, 7) is 1.77. The number of carbonyl (C=O) groups excluding carboxylic acids is 1. The molecule has 4 N–H and O–H groups in total. The molecule has 1 fully saturated rings. The lowest BCUT2D eigenvalue weighted by Gasteiger charge is -2.23. The molecule has 0 aliphatic carbocycles. The predicted octanol–water partition coefficient (Wildman–Crippen LogP) is 3.08. The molecule has 0 saturated carbocycles. The summed E-state index contributed by atoms with van der Waals surface area (Å²) in [6, 6.07) is 11.8. The van der Waals surface area contributed by atoms with Gasteiger partial charge in [0.2, 0.25) is 0 Å². The fourth-order valence-corrected chi connectivity index (χ4v) is 4.44. The van der Waals surface area contributed by atoms with E-state index in [4.69, 9.17) is 15.6 Å². The van der Waals surface area contributed by atoms with Crippen molar-refractivity contribution in [3.63, 3.8) is 0 Å². The average Bonchev–Trinajstić information content (AvgIpc) is 3.29. The standard InChI is InChI=1S/C25H26FN7O2/c1-35-20-7-3-2-6-18(20)25(34)29-12-16-9-8-15(11-19(16)26)22-21-23(27)30-14-31-24(21)33(32-22)17-5-4-10-28-13-17/h2-3,6-9,11,14,17,28H,4-5,10,12-13H2,1H3,(H,29,34)(H2,27,30,31)/t17-/m1/s1. The molecule has 4 aromatic rings. The molecule has 1 atom stereocenters. The number of carbonyl (C=O) groups is 1. The molecule has 2 aromatic carbocycles. The number of benzene rings is 2. The Morgan fingerprint density at radius 2 is 2.14 bits per heavy atom. The maximum atomic E-state index is 15.1. The number of hydrogen-bond donors (Lipinski definition) is 3. The van der Waals surface area contributed by atoms with Crippen molar-refractivity contribution in [1.82, 2.24) is 30.4 Å². The number of amides is 1. The number of methoxy groups -OCH3 is 1. The van der Waals surface area contributed by atoms with Crippen molar-refractivity contribution in [3.05, 3.63) is 65.7 Å². The summed E-state index contributed by atoms with van der Waals surface area (Å²) < 4.78 is 22.2. The molecule has 35 heavy (non-hydrogen) atoms. The van der Waals surface area contributed by atoms with Gasteiger partial charge in [0.1, 0.15) is 29.4 Å². The number of hydrogen-bond acceptors (Lipinski definition) is 7. The molecular weight excluding hydrogens is 449 g/mol. The summed E-state index contributed by atoms with van der Waals surface area (Å²) in [5, 5.41) is 11.5. The fourth-order valence-electron chi connectivity index (χ4n) is 4.44. The molecule has 180 valence electrons. The molecule has 1 saturated heterocycles. The van der Waals surface area contributed by atoms with Crippen LogP contribution in [0.3, 0.4) is 0 Å². The average molecular weight is 476 g/mol. The van der Waals surface area contributed by atoms with E-state index in [0.717, 1.165) is 25.9 Å². The Kier molecular flexibility index (Phi) is 6.28. The lowest BCUT2D eigenvalue weighted by Crippen LogP contribution is -2.32. The van der Waals surface area contributed by atoms with Crippen molar-refractivity contribution < 1.29 is 13.9 Å². The highest BCUT2D eigenvalue weighted by atomic mass is 19.1. The molecule has 9 nitrogen and oxygen atoms in total. The number of nitrogens with two attached hydrogens (primary N) is 1. The van der Waals surface area contributed by atoms with E-state index in [0.29, 0.717) is 45.0 Å². The van der Waals surface area contributed by atoms with Crippen molar-refractivity contribution in [1.29, 1.82) is 0 Å². The number of piperidine rings is 1. The number of para-hydroxylation sites is 1. The highest BCUT2D eigenvalue weighted by Gasteiger charge is 2.24. The maximum Gasteiger partial charge on any atom is 0.255 e. The lowest BCUT2D eigenvalue weighted by molar-refractivity contribution is 0.0947. The number of rotatable bonds is 6. The Morgan fingerprint density at radius 3 is 2.91 bits per heavy atom.